The lowest BCUT2D eigenvalue weighted by molar-refractivity contribution is -0.384. The van der Waals surface area contributed by atoms with Crippen LogP contribution in [0.4, 0.5) is 5.69 Å². The van der Waals surface area contributed by atoms with Gasteiger partial charge in [0.1, 0.15) is 0 Å². The zero-order valence-corrected chi connectivity index (χ0v) is 19.9. The lowest BCUT2D eigenvalue weighted by Gasteiger charge is -2.07. The number of rotatable bonds is 18. The van der Waals surface area contributed by atoms with Gasteiger partial charge in [-0.25, -0.2) is 0 Å². The van der Waals surface area contributed by atoms with Gasteiger partial charge in [-0.3, -0.25) is 15.5 Å². The molecule has 0 radical (unpaired) electrons. The fraction of sp³-hybridized carbons (Fsp3) is 0.667. The molecule has 7 heteroatoms. The van der Waals surface area contributed by atoms with Crippen LogP contribution in [-0.2, 0) is 0 Å². The average molecular weight is 449 g/mol. The summed E-state index contributed by atoms with van der Waals surface area (Å²) >= 11 is 5.20. The molecule has 0 fully saturated rings. The van der Waals surface area contributed by atoms with Crippen molar-refractivity contribution in [2.75, 3.05) is 6.54 Å². The van der Waals surface area contributed by atoms with Gasteiger partial charge in [-0.1, -0.05) is 90.4 Å². The predicted molar refractivity (Wildman–Crippen MR) is 135 cm³/mol. The fourth-order valence-electron chi connectivity index (χ4n) is 3.41. The molecule has 31 heavy (non-hydrogen) atoms. The molecule has 6 nitrogen and oxygen atoms in total. The summed E-state index contributed by atoms with van der Waals surface area (Å²) in [5, 5.41) is 18.3. The molecule has 0 heterocycles. The number of unbranched alkanes of at least 4 members (excludes halogenated alkanes) is 13. The molecule has 1 aromatic rings. The van der Waals surface area contributed by atoms with E-state index < -0.39 is 4.92 Å². The van der Waals surface area contributed by atoms with Crippen LogP contribution in [0.5, 0.6) is 0 Å². The SMILES string of the molecule is CCCCCCCCCCCCCCCCNC(=S)NN=Cc1ccc([N+](=O)[O-])cc1. The molecule has 0 aromatic heterocycles. The Morgan fingerprint density at radius 3 is 1.87 bits per heavy atom. The Kier molecular flexibility index (Phi) is 16.3. The lowest BCUT2D eigenvalue weighted by Crippen LogP contribution is -2.32. The zero-order valence-electron chi connectivity index (χ0n) is 19.1. The second-order valence-electron chi connectivity index (χ2n) is 8.07. The van der Waals surface area contributed by atoms with Gasteiger partial charge in [0.05, 0.1) is 11.1 Å². The number of hydrogen-bond acceptors (Lipinski definition) is 4. The highest BCUT2D eigenvalue weighted by atomic mass is 32.1. The van der Waals surface area contributed by atoms with Gasteiger partial charge in [0, 0.05) is 18.7 Å². The van der Waals surface area contributed by atoms with Crippen LogP contribution in [0.1, 0.15) is 102 Å². The topological polar surface area (TPSA) is 79.6 Å². The molecule has 0 saturated carbocycles. The lowest BCUT2D eigenvalue weighted by atomic mass is 10.0. The molecule has 174 valence electrons. The number of nitro benzene ring substituents is 1. The van der Waals surface area contributed by atoms with Crippen LogP contribution < -0.4 is 10.7 Å². The van der Waals surface area contributed by atoms with E-state index in [1.54, 1.807) is 18.3 Å². The monoisotopic (exact) mass is 448 g/mol. The summed E-state index contributed by atoms with van der Waals surface area (Å²) in [6.07, 6.45) is 20.5. The normalized spacial score (nSPS) is 11.0. The molecule has 1 rings (SSSR count). The van der Waals surface area contributed by atoms with E-state index >= 15 is 0 Å². The van der Waals surface area contributed by atoms with Crippen molar-refractivity contribution in [3.05, 3.63) is 39.9 Å². The van der Waals surface area contributed by atoms with E-state index in [9.17, 15) is 10.1 Å². The Hall–Kier alpha value is -2.02. The Balaban J connectivity index is 1.89. The summed E-state index contributed by atoms with van der Waals surface area (Å²) in [4.78, 5) is 10.2. The summed E-state index contributed by atoms with van der Waals surface area (Å²) in [5.74, 6) is 0. The van der Waals surface area contributed by atoms with Crippen molar-refractivity contribution in [3.63, 3.8) is 0 Å². The van der Waals surface area contributed by atoms with Gasteiger partial charge in [0.15, 0.2) is 5.11 Å². The summed E-state index contributed by atoms with van der Waals surface area (Å²) in [7, 11) is 0. The highest BCUT2D eigenvalue weighted by Crippen LogP contribution is 2.13. The summed E-state index contributed by atoms with van der Waals surface area (Å²) in [5.41, 5.74) is 3.61. The smallest absolute Gasteiger partial charge is 0.269 e. The third kappa shape index (κ3) is 15.4. The predicted octanol–water partition coefficient (Wildman–Crippen LogP) is 6.87. The second-order valence-corrected chi connectivity index (χ2v) is 8.48. The average Bonchev–Trinajstić information content (AvgIpc) is 2.76. The number of non-ortho nitro benzene ring substituents is 1. The molecule has 0 atom stereocenters. The summed E-state index contributed by atoms with van der Waals surface area (Å²) < 4.78 is 0. The molecular weight excluding hydrogens is 408 g/mol. The first kappa shape index (κ1) is 27.0. The van der Waals surface area contributed by atoms with Gasteiger partial charge < -0.3 is 5.32 Å². The number of nitrogens with one attached hydrogen (secondary N) is 2. The van der Waals surface area contributed by atoms with Gasteiger partial charge in [-0.15, -0.1) is 0 Å². The van der Waals surface area contributed by atoms with Crippen molar-refractivity contribution < 1.29 is 4.92 Å². The standard InChI is InChI=1S/C24H40N4O2S/c1-2-3-4-5-6-7-8-9-10-11-12-13-14-15-20-25-24(31)27-26-21-22-16-18-23(19-17-22)28(29)30/h16-19,21H,2-15,20H2,1H3,(H2,25,27,31). The highest BCUT2D eigenvalue weighted by Gasteiger charge is 2.02. The summed E-state index contributed by atoms with van der Waals surface area (Å²) in [6, 6.07) is 6.20. The van der Waals surface area contributed by atoms with E-state index in [4.69, 9.17) is 12.2 Å². The van der Waals surface area contributed by atoms with E-state index in [1.165, 1.54) is 95.6 Å². The Morgan fingerprint density at radius 2 is 1.39 bits per heavy atom. The Morgan fingerprint density at radius 1 is 0.903 bits per heavy atom. The number of nitrogens with zero attached hydrogens (tertiary/aromatic N) is 2. The van der Waals surface area contributed by atoms with Crippen LogP contribution in [-0.4, -0.2) is 22.8 Å². The highest BCUT2D eigenvalue weighted by molar-refractivity contribution is 7.80. The van der Waals surface area contributed by atoms with Crippen molar-refractivity contribution in [3.8, 4) is 0 Å². The number of hydrazone groups is 1. The fourth-order valence-corrected chi connectivity index (χ4v) is 3.56. The minimum Gasteiger partial charge on any atom is -0.361 e. The largest absolute Gasteiger partial charge is 0.361 e. The zero-order chi connectivity index (χ0) is 22.6. The van der Waals surface area contributed by atoms with Gasteiger partial charge in [-0.2, -0.15) is 5.10 Å². The molecule has 0 amide bonds. The minimum absolute atomic E-state index is 0.0652. The third-order valence-electron chi connectivity index (χ3n) is 5.30. The van der Waals surface area contributed by atoms with E-state index in [0.29, 0.717) is 5.11 Å². The molecule has 0 aliphatic carbocycles. The van der Waals surface area contributed by atoms with Crippen molar-refractivity contribution in [1.29, 1.82) is 0 Å². The molecule has 0 bridgehead atoms. The first-order valence-corrected chi connectivity index (χ1v) is 12.4. The van der Waals surface area contributed by atoms with Crippen molar-refractivity contribution >= 4 is 29.2 Å². The second kappa shape index (κ2) is 18.7. The van der Waals surface area contributed by atoms with Crippen molar-refractivity contribution in [2.24, 2.45) is 5.10 Å². The van der Waals surface area contributed by atoms with Crippen LogP contribution in [0, 0.1) is 10.1 Å². The molecular formula is C24H40N4O2S. The Bertz CT molecular complexity index is 635. The van der Waals surface area contributed by atoms with E-state index in [2.05, 4.69) is 22.8 Å². The number of nitro groups is 1. The third-order valence-corrected chi connectivity index (χ3v) is 5.54. The number of hydrogen-bond donors (Lipinski definition) is 2. The van der Waals surface area contributed by atoms with Gasteiger partial charge in [0.25, 0.3) is 5.69 Å². The number of thiocarbonyl (C=S) groups is 1. The first-order valence-electron chi connectivity index (χ1n) is 11.9. The van der Waals surface area contributed by atoms with Crippen LogP contribution in [0.3, 0.4) is 0 Å². The maximum absolute atomic E-state index is 10.6. The van der Waals surface area contributed by atoms with Crippen LogP contribution in [0.2, 0.25) is 0 Å². The van der Waals surface area contributed by atoms with Crippen LogP contribution in [0.15, 0.2) is 29.4 Å². The van der Waals surface area contributed by atoms with Crippen LogP contribution >= 0.6 is 12.2 Å². The molecule has 0 aliphatic heterocycles. The van der Waals surface area contributed by atoms with E-state index in [0.717, 1.165) is 18.5 Å². The van der Waals surface area contributed by atoms with Crippen molar-refractivity contribution in [1.82, 2.24) is 10.7 Å². The maximum atomic E-state index is 10.6. The van der Waals surface area contributed by atoms with Gasteiger partial charge >= 0.3 is 0 Å². The molecule has 1 aromatic carbocycles. The maximum Gasteiger partial charge on any atom is 0.269 e. The number of benzene rings is 1. The molecule has 0 saturated heterocycles. The van der Waals surface area contributed by atoms with Gasteiger partial charge in [0.2, 0.25) is 0 Å². The molecule has 0 spiro atoms. The molecule has 0 unspecified atom stereocenters. The molecule has 2 N–H and O–H groups in total. The Labute approximate surface area is 193 Å². The van der Waals surface area contributed by atoms with Crippen LogP contribution in [0.25, 0.3) is 0 Å². The first-order chi connectivity index (χ1) is 15.1. The minimum atomic E-state index is -0.421. The quantitative estimate of drug-likeness (QED) is 0.0841. The molecule has 0 aliphatic rings. The van der Waals surface area contributed by atoms with Crippen molar-refractivity contribution in [2.45, 2.75) is 96.8 Å². The summed E-state index contributed by atoms with van der Waals surface area (Å²) in [6.45, 7) is 3.11. The van der Waals surface area contributed by atoms with Gasteiger partial charge in [-0.05, 0) is 36.3 Å². The van der Waals surface area contributed by atoms with E-state index in [1.807, 2.05) is 0 Å². The van der Waals surface area contributed by atoms with E-state index in [-0.39, 0.29) is 5.69 Å².